The SMILES string of the molecule is CC(C)C(C)Nc1nc(C(F)(F)F)ccc1C(N)=S. The number of anilines is 1. The van der Waals surface area contributed by atoms with Crippen molar-refractivity contribution in [2.24, 2.45) is 11.7 Å². The summed E-state index contributed by atoms with van der Waals surface area (Å²) in [6.07, 6.45) is -4.49. The van der Waals surface area contributed by atoms with E-state index in [0.717, 1.165) is 6.07 Å². The Morgan fingerprint density at radius 3 is 2.32 bits per heavy atom. The molecule has 0 fully saturated rings. The molecule has 3 N–H and O–H groups in total. The van der Waals surface area contributed by atoms with Crippen LogP contribution in [0.2, 0.25) is 0 Å². The van der Waals surface area contributed by atoms with Crippen LogP contribution in [0.3, 0.4) is 0 Å². The number of nitrogens with two attached hydrogens (primary N) is 1. The lowest BCUT2D eigenvalue weighted by atomic mass is 10.1. The Labute approximate surface area is 115 Å². The van der Waals surface area contributed by atoms with E-state index in [2.05, 4.69) is 10.3 Å². The van der Waals surface area contributed by atoms with Crippen LogP contribution < -0.4 is 11.1 Å². The second-order valence-corrected chi connectivity index (χ2v) is 5.07. The molecule has 19 heavy (non-hydrogen) atoms. The fourth-order valence-corrected chi connectivity index (χ4v) is 1.47. The number of nitrogens with one attached hydrogen (secondary N) is 1. The van der Waals surface area contributed by atoms with Gasteiger partial charge in [0.2, 0.25) is 0 Å². The summed E-state index contributed by atoms with van der Waals surface area (Å²) in [5.41, 5.74) is 4.84. The Morgan fingerprint density at radius 2 is 1.89 bits per heavy atom. The molecule has 0 saturated heterocycles. The third kappa shape index (κ3) is 4.05. The molecule has 0 radical (unpaired) electrons. The standard InChI is InChI=1S/C12H16F3N3S/c1-6(2)7(3)17-11-8(10(16)19)4-5-9(18-11)12(13,14)15/h4-7H,1-3H3,(H2,16,19)(H,17,18). The average molecular weight is 291 g/mol. The fourth-order valence-electron chi connectivity index (χ4n) is 1.31. The molecule has 106 valence electrons. The Bertz CT molecular complexity index is 472. The van der Waals surface area contributed by atoms with Crippen LogP contribution in [0.25, 0.3) is 0 Å². The monoisotopic (exact) mass is 291 g/mol. The van der Waals surface area contributed by atoms with Crippen LogP contribution in [0.1, 0.15) is 32.0 Å². The lowest BCUT2D eigenvalue weighted by Crippen LogP contribution is -2.25. The number of hydrogen-bond acceptors (Lipinski definition) is 3. The molecule has 1 aromatic rings. The first-order valence-electron chi connectivity index (χ1n) is 5.77. The van der Waals surface area contributed by atoms with E-state index in [1.807, 2.05) is 20.8 Å². The zero-order chi connectivity index (χ0) is 14.8. The minimum Gasteiger partial charge on any atom is -0.389 e. The highest BCUT2D eigenvalue weighted by molar-refractivity contribution is 7.80. The quantitative estimate of drug-likeness (QED) is 0.837. The van der Waals surface area contributed by atoms with Crippen molar-refractivity contribution in [3.63, 3.8) is 0 Å². The summed E-state index contributed by atoms with van der Waals surface area (Å²) in [6, 6.07) is 2.07. The molecule has 1 rings (SSSR count). The van der Waals surface area contributed by atoms with Crippen molar-refractivity contribution in [3.8, 4) is 0 Å². The van der Waals surface area contributed by atoms with E-state index in [4.69, 9.17) is 18.0 Å². The van der Waals surface area contributed by atoms with Crippen molar-refractivity contribution < 1.29 is 13.2 Å². The molecular formula is C12H16F3N3S. The predicted molar refractivity (Wildman–Crippen MR) is 73.0 cm³/mol. The Morgan fingerprint density at radius 1 is 1.32 bits per heavy atom. The van der Waals surface area contributed by atoms with Gasteiger partial charge in [-0.3, -0.25) is 0 Å². The molecule has 0 aliphatic rings. The first kappa shape index (κ1) is 15.7. The van der Waals surface area contributed by atoms with Gasteiger partial charge in [0.25, 0.3) is 0 Å². The molecule has 3 nitrogen and oxygen atoms in total. The van der Waals surface area contributed by atoms with Crippen LogP contribution in [0.5, 0.6) is 0 Å². The first-order valence-corrected chi connectivity index (χ1v) is 6.18. The molecule has 0 spiro atoms. The maximum atomic E-state index is 12.6. The number of rotatable bonds is 4. The minimum absolute atomic E-state index is 0.0136. The molecule has 1 atom stereocenters. The zero-order valence-electron chi connectivity index (χ0n) is 10.9. The molecule has 1 unspecified atom stereocenters. The minimum atomic E-state index is -4.49. The van der Waals surface area contributed by atoms with E-state index in [-0.39, 0.29) is 22.8 Å². The van der Waals surface area contributed by atoms with E-state index in [9.17, 15) is 13.2 Å². The molecule has 1 aromatic heterocycles. The summed E-state index contributed by atoms with van der Waals surface area (Å²) in [5.74, 6) is 0.305. The molecule has 7 heteroatoms. The third-order valence-corrected chi connectivity index (χ3v) is 3.04. The van der Waals surface area contributed by atoms with Crippen molar-refractivity contribution in [1.82, 2.24) is 4.98 Å². The van der Waals surface area contributed by atoms with E-state index in [1.54, 1.807) is 0 Å². The molecule has 1 heterocycles. The second-order valence-electron chi connectivity index (χ2n) is 4.63. The highest BCUT2D eigenvalue weighted by atomic mass is 32.1. The van der Waals surface area contributed by atoms with E-state index < -0.39 is 11.9 Å². The van der Waals surface area contributed by atoms with E-state index in [1.165, 1.54) is 6.07 Å². The Hall–Kier alpha value is -1.37. The number of aromatic nitrogens is 1. The normalized spacial score (nSPS) is 13.4. The molecular weight excluding hydrogens is 275 g/mol. The van der Waals surface area contributed by atoms with Crippen molar-refractivity contribution in [2.75, 3.05) is 5.32 Å². The lowest BCUT2D eigenvalue weighted by Gasteiger charge is -2.20. The van der Waals surface area contributed by atoms with Gasteiger partial charge < -0.3 is 11.1 Å². The molecule has 0 saturated carbocycles. The number of pyridine rings is 1. The summed E-state index contributed by atoms with van der Waals surface area (Å²) in [7, 11) is 0. The number of alkyl halides is 3. The summed E-state index contributed by atoms with van der Waals surface area (Å²) in [5, 5.41) is 2.93. The van der Waals surface area contributed by atoms with Gasteiger partial charge in [0.05, 0.1) is 5.56 Å². The number of hydrogen-bond donors (Lipinski definition) is 2. The highest BCUT2D eigenvalue weighted by Gasteiger charge is 2.33. The number of halogens is 3. The zero-order valence-corrected chi connectivity index (χ0v) is 11.7. The predicted octanol–water partition coefficient (Wildman–Crippen LogP) is 3.19. The second kappa shape index (κ2) is 5.73. The molecule has 0 aromatic carbocycles. The van der Waals surface area contributed by atoms with Crippen molar-refractivity contribution in [3.05, 3.63) is 23.4 Å². The Kier molecular flexibility index (Phi) is 4.73. The fraction of sp³-hybridized carbons (Fsp3) is 0.500. The molecule has 0 aliphatic carbocycles. The van der Waals surface area contributed by atoms with Crippen LogP contribution in [-0.2, 0) is 6.18 Å². The summed E-state index contributed by atoms with van der Waals surface area (Å²) < 4.78 is 37.9. The smallest absolute Gasteiger partial charge is 0.389 e. The molecule has 0 aliphatic heterocycles. The first-order chi connectivity index (χ1) is 8.62. The van der Waals surface area contributed by atoms with Gasteiger partial charge in [0.1, 0.15) is 16.5 Å². The van der Waals surface area contributed by atoms with Crippen molar-refractivity contribution in [2.45, 2.75) is 33.0 Å². The third-order valence-electron chi connectivity index (χ3n) is 2.82. The summed E-state index contributed by atoms with van der Waals surface area (Å²) in [4.78, 5) is 3.60. The summed E-state index contributed by atoms with van der Waals surface area (Å²) >= 11 is 4.82. The number of thiocarbonyl (C=S) groups is 1. The van der Waals surface area contributed by atoms with Crippen LogP contribution in [0.4, 0.5) is 19.0 Å². The van der Waals surface area contributed by atoms with Gasteiger partial charge >= 0.3 is 6.18 Å². The molecule has 0 amide bonds. The highest BCUT2D eigenvalue weighted by Crippen LogP contribution is 2.29. The largest absolute Gasteiger partial charge is 0.433 e. The van der Waals surface area contributed by atoms with Gasteiger partial charge in [-0.05, 0) is 25.0 Å². The number of nitrogens with zero attached hydrogens (tertiary/aromatic N) is 1. The Balaban J connectivity index is 3.20. The van der Waals surface area contributed by atoms with Gasteiger partial charge in [-0.1, -0.05) is 26.1 Å². The van der Waals surface area contributed by atoms with Crippen LogP contribution >= 0.6 is 12.2 Å². The van der Waals surface area contributed by atoms with Crippen LogP contribution in [-0.4, -0.2) is 16.0 Å². The van der Waals surface area contributed by atoms with Crippen molar-refractivity contribution >= 4 is 23.0 Å². The van der Waals surface area contributed by atoms with Crippen LogP contribution in [0, 0.1) is 5.92 Å². The topological polar surface area (TPSA) is 50.9 Å². The van der Waals surface area contributed by atoms with Crippen LogP contribution in [0.15, 0.2) is 12.1 Å². The van der Waals surface area contributed by atoms with Gasteiger partial charge in [-0.15, -0.1) is 0 Å². The van der Waals surface area contributed by atoms with Gasteiger partial charge in [-0.2, -0.15) is 13.2 Å². The van der Waals surface area contributed by atoms with E-state index >= 15 is 0 Å². The van der Waals surface area contributed by atoms with E-state index in [0.29, 0.717) is 5.56 Å². The van der Waals surface area contributed by atoms with Gasteiger partial charge in [0, 0.05) is 6.04 Å². The maximum Gasteiger partial charge on any atom is 0.433 e. The van der Waals surface area contributed by atoms with Gasteiger partial charge in [0.15, 0.2) is 0 Å². The summed E-state index contributed by atoms with van der Waals surface area (Å²) in [6.45, 7) is 5.76. The molecule has 0 bridgehead atoms. The maximum absolute atomic E-state index is 12.6. The lowest BCUT2D eigenvalue weighted by molar-refractivity contribution is -0.141. The van der Waals surface area contributed by atoms with Gasteiger partial charge in [-0.25, -0.2) is 4.98 Å². The average Bonchev–Trinajstić information content (AvgIpc) is 2.27. The van der Waals surface area contributed by atoms with Crippen molar-refractivity contribution in [1.29, 1.82) is 0 Å².